The number of hydrogen-bond donors (Lipinski definition) is 0. The predicted octanol–water partition coefficient (Wildman–Crippen LogP) is 4.24. The molecule has 8 heteroatoms. The van der Waals surface area contributed by atoms with Gasteiger partial charge in [-0.3, -0.25) is 28.5 Å². The van der Waals surface area contributed by atoms with Crippen LogP contribution in [0.2, 0.25) is 0 Å². The molecule has 0 aliphatic carbocycles. The molecule has 0 unspecified atom stereocenters. The van der Waals surface area contributed by atoms with Gasteiger partial charge in [0.15, 0.2) is 5.11 Å². The molecular formula is C28H24N4O3S. The maximum Gasteiger partial charge on any atom is 0.328 e. The van der Waals surface area contributed by atoms with Crippen molar-refractivity contribution in [2.24, 2.45) is 14.1 Å². The van der Waals surface area contributed by atoms with Gasteiger partial charge in [0, 0.05) is 14.1 Å². The van der Waals surface area contributed by atoms with Crippen molar-refractivity contribution in [2.75, 3.05) is 9.80 Å². The largest absolute Gasteiger partial charge is 0.328 e. The van der Waals surface area contributed by atoms with E-state index in [2.05, 4.69) is 0 Å². The Morgan fingerprint density at radius 2 is 1.33 bits per heavy atom. The SMILES string of the molecule is Cc1ccc(N2C(=O)/C(=C\c3ccc4c(c3)n(C)c(=O)n4C)C(=O)N(c3ccccc3)C2=S)cc1C. The minimum atomic E-state index is -0.502. The van der Waals surface area contributed by atoms with Gasteiger partial charge in [-0.05, 0) is 85.2 Å². The summed E-state index contributed by atoms with van der Waals surface area (Å²) >= 11 is 5.70. The molecule has 1 aliphatic heterocycles. The van der Waals surface area contributed by atoms with Crippen LogP contribution in [0.3, 0.4) is 0 Å². The fraction of sp³-hybridized carbons (Fsp3) is 0.143. The van der Waals surface area contributed by atoms with Crippen LogP contribution in [-0.4, -0.2) is 26.1 Å². The van der Waals surface area contributed by atoms with E-state index in [0.29, 0.717) is 22.5 Å². The molecule has 0 radical (unpaired) electrons. The third kappa shape index (κ3) is 3.67. The molecule has 4 aromatic rings. The lowest BCUT2D eigenvalue weighted by atomic mass is 10.0. The summed E-state index contributed by atoms with van der Waals surface area (Å²) in [6.07, 6.45) is 1.56. The smallest absolute Gasteiger partial charge is 0.295 e. The Bertz CT molecular complexity index is 1660. The molecule has 0 N–H and O–H groups in total. The van der Waals surface area contributed by atoms with Crippen molar-refractivity contribution < 1.29 is 9.59 Å². The van der Waals surface area contributed by atoms with Crippen LogP contribution < -0.4 is 15.5 Å². The van der Waals surface area contributed by atoms with E-state index >= 15 is 0 Å². The maximum atomic E-state index is 13.8. The highest BCUT2D eigenvalue weighted by Gasteiger charge is 2.41. The van der Waals surface area contributed by atoms with Crippen molar-refractivity contribution in [3.63, 3.8) is 0 Å². The Labute approximate surface area is 213 Å². The normalized spacial score (nSPS) is 15.4. The van der Waals surface area contributed by atoms with Gasteiger partial charge in [-0.15, -0.1) is 0 Å². The number of thiocarbonyl (C=S) groups is 1. The molecule has 0 atom stereocenters. The van der Waals surface area contributed by atoms with Crippen molar-refractivity contribution in [1.29, 1.82) is 0 Å². The van der Waals surface area contributed by atoms with E-state index < -0.39 is 11.8 Å². The van der Waals surface area contributed by atoms with Crippen LogP contribution in [0.15, 0.2) is 77.1 Å². The van der Waals surface area contributed by atoms with Crippen LogP contribution >= 0.6 is 12.2 Å². The molecule has 7 nitrogen and oxygen atoms in total. The standard InChI is InChI=1S/C28H24N4O3S/c1-17-10-12-21(14-18(17)2)32-26(34)22(25(33)31(28(32)36)20-8-6-5-7-9-20)15-19-11-13-23-24(16-19)30(4)27(35)29(23)3/h5-16H,1-4H3/b22-15-. The molecule has 2 amide bonds. The number of aromatic nitrogens is 2. The van der Waals surface area contributed by atoms with Crippen LogP contribution in [0, 0.1) is 13.8 Å². The molecule has 36 heavy (non-hydrogen) atoms. The molecule has 1 aliphatic rings. The molecule has 2 heterocycles. The molecule has 1 fully saturated rings. The monoisotopic (exact) mass is 496 g/mol. The number of anilines is 2. The summed E-state index contributed by atoms with van der Waals surface area (Å²) in [5.41, 5.74) is 5.17. The number of para-hydroxylation sites is 1. The lowest BCUT2D eigenvalue weighted by molar-refractivity contribution is -0.120. The highest BCUT2D eigenvalue weighted by atomic mass is 32.1. The second-order valence-corrected chi connectivity index (χ2v) is 9.24. The van der Waals surface area contributed by atoms with E-state index in [0.717, 1.165) is 16.6 Å². The zero-order valence-electron chi connectivity index (χ0n) is 20.4. The topological polar surface area (TPSA) is 67.5 Å². The highest BCUT2D eigenvalue weighted by molar-refractivity contribution is 7.81. The molecule has 5 rings (SSSR count). The Kier molecular flexibility index (Phi) is 5.68. The first-order valence-corrected chi connectivity index (χ1v) is 11.8. The third-order valence-corrected chi connectivity index (χ3v) is 6.98. The van der Waals surface area contributed by atoms with Crippen LogP contribution in [-0.2, 0) is 23.7 Å². The molecule has 1 aromatic heterocycles. The third-order valence-electron chi connectivity index (χ3n) is 6.62. The van der Waals surface area contributed by atoms with Crippen LogP contribution in [0.25, 0.3) is 17.1 Å². The van der Waals surface area contributed by atoms with Crippen molar-refractivity contribution >= 4 is 57.6 Å². The summed E-state index contributed by atoms with van der Waals surface area (Å²) in [6.45, 7) is 3.96. The first-order chi connectivity index (χ1) is 17.2. The van der Waals surface area contributed by atoms with E-state index in [1.165, 1.54) is 14.4 Å². The van der Waals surface area contributed by atoms with Gasteiger partial charge in [0.05, 0.1) is 22.4 Å². The van der Waals surface area contributed by atoms with Crippen LogP contribution in [0.5, 0.6) is 0 Å². The number of amides is 2. The minimum Gasteiger partial charge on any atom is -0.295 e. The molecule has 0 bridgehead atoms. The fourth-order valence-electron chi connectivity index (χ4n) is 4.41. The Hall–Kier alpha value is -4.30. The zero-order chi connectivity index (χ0) is 25.7. The summed E-state index contributed by atoms with van der Waals surface area (Å²) in [6, 6.07) is 20.1. The van der Waals surface area contributed by atoms with E-state index in [4.69, 9.17) is 12.2 Å². The number of hydrogen-bond acceptors (Lipinski definition) is 4. The van der Waals surface area contributed by atoms with Gasteiger partial charge in [0.1, 0.15) is 5.57 Å². The van der Waals surface area contributed by atoms with Gasteiger partial charge in [-0.25, -0.2) is 4.79 Å². The van der Waals surface area contributed by atoms with E-state index in [1.54, 1.807) is 49.0 Å². The quantitative estimate of drug-likeness (QED) is 0.242. The molecule has 0 spiro atoms. The molecule has 180 valence electrons. The fourth-order valence-corrected chi connectivity index (χ4v) is 4.78. The average molecular weight is 497 g/mol. The molecule has 3 aromatic carbocycles. The number of carbonyl (C=O) groups is 2. The van der Waals surface area contributed by atoms with Gasteiger partial charge < -0.3 is 0 Å². The lowest BCUT2D eigenvalue weighted by Crippen LogP contribution is -2.57. The maximum absolute atomic E-state index is 13.8. The summed E-state index contributed by atoms with van der Waals surface area (Å²) in [7, 11) is 3.40. The summed E-state index contributed by atoms with van der Waals surface area (Å²) in [5.74, 6) is -0.999. The van der Waals surface area contributed by atoms with E-state index in [-0.39, 0.29) is 16.4 Å². The average Bonchev–Trinajstić information content (AvgIpc) is 3.08. The van der Waals surface area contributed by atoms with E-state index in [9.17, 15) is 14.4 Å². The summed E-state index contributed by atoms with van der Waals surface area (Å²) in [5, 5.41) is 0.0949. The number of imidazole rings is 1. The second-order valence-electron chi connectivity index (χ2n) is 8.87. The van der Waals surface area contributed by atoms with Crippen molar-refractivity contribution in [3.05, 3.63) is 99.5 Å². The molecule has 1 saturated heterocycles. The first-order valence-electron chi connectivity index (χ1n) is 11.4. The predicted molar refractivity (Wildman–Crippen MR) is 146 cm³/mol. The van der Waals surface area contributed by atoms with Gasteiger partial charge in [0.25, 0.3) is 11.8 Å². The highest BCUT2D eigenvalue weighted by Crippen LogP contribution is 2.31. The van der Waals surface area contributed by atoms with Crippen molar-refractivity contribution in [2.45, 2.75) is 13.8 Å². The first kappa shape index (κ1) is 23.4. The van der Waals surface area contributed by atoms with Gasteiger partial charge in [0.2, 0.25) is 0 Å². The number of aryl methyl sites for hydroxylation is 4. The van der Waals surface area contributed by atoms with Crippen molar-refractivity contribution in [3.8, 4) is 0 Å². The Balaban J connectivity index is 1.69. The zero-order valence-corrected chi connectivity index (χ0v) is 21.2. The number of rotatable bonds is 3. The number of benzene rings is 3. The Morgan fingerprint density at radius 1 is 0.694 bits per heavy atom. The van der Waals surface area contributed by atoms with Gasteiger partial charge in [-0.2, -0.15) is 0 Å². The van der Waals surface area contributed by atoms with Crippen LogP contribution in [0.1, 0.15) is 16.7 Å². The molecular weight excluding hydrogens is 472 g/mol. The second kappa shape index (κ2) is 8.73. The summed E-state index contributed by atoms with van der Waals surface area (Å²) in [4.78, 5) is 42.6. The van der Waals surface area contributed by atoms with Crippen LogP contribution in [0.4, 0.5) is 11.4 Å². The van der Waals surface area contributed by atoms with Gasteiger partial charge >= 0.3 is 5.69 Å². The Morgan fingerprint density at radius 3 is 2.00 bits per heavy atom. The summed E-state index contributed by atoms with van der Waals surface area (Å²) < 4.78 is 3.09. The number of fused-ring (bicyclic) bond motifs is 1. The van der Waals surface area contributed by atoms with Gasteiger partial charge in [-0.1, -0.05) is 30.3 Å². The van der Waals surface area contributed by atoms with Crippen molar-refractivity contribution in [1.82, 2.24) is 9.13 Å². The lowest BCUT2D eigenvalue weighted by Gasteiger charge is -2.36. The van der Waals surface area contributed by atoms with E-state index in [1.807, 2.05) is 56.3 Å². The number of nitrogens with zero attached hydrogens (tertiary/aromatic N) is 4. The minimum absolute atomic E-state index is 0.0223. The number of carbonyl (C=O) groups excluding carboxylic acids is 2. The molecule has 0 saturated carbocycles.